The summed E-state index contributed by atoms with van der Waals surface area (Å²) in [5, 5.41) is 8.44. The fourth-order valence-electron chi connectivity index (χ4n) is 4.38. The molecular formula is C18H35Cl3N4O3. The minimum absolute atomic E-state index is 0. The van der Waals surface area contributed by atoms with Crippen molar-refractivity contribution in [2.24, 2.45) is 11.8 Å². The summed E-state index contributed by atoms with van der Waals surface area (Å²) >= 11 is 0. The van der Waals surface area contributed by atoms with Crippen molar-refractivity contribution in [1.29, 1.82) is 0 Å². The van der Waals surface area contributed by atoms with Gasteiger partial charge < -0.3 is 15.5 Å². The lowest BCUT2D eigenvalue weighted by Crippen LogP contribution is -2.53. The van der Waals surface area contributed by atoms with Gasteiger partial charge >= 0.3 is 5.97 Å². The van der Waals surface area contributed by atoms with E-state index in [-0.39, 0.29) is 54.9 Å². The van der Waals surface area contributed by atoms with E-state index >= 15 is 0 Å². The molecule has 10 heteroatoms. The molecule has 0 aromatic carbocycles. The zero-order valence-electron chi connectivity index (χ0n) is 16.6. The van der Waals surface area contributed by atoms with Crippen LogP contribution in [0.3, 0.4) is 0 Å². The van der Waals surface area contributed by atoms with Gasteiger partial charge in [0.05, 0.1) is 0 Å². The van der Waals surface area contributed by atoms with Gasteiger partial charge in [-0.2, -0.15) is 0 Å². The first-order valence-electron chi connectivity index (χ1n) is 9.78. The Morgan fingerprint density at radius 2 is 1.36 bits per heavy atom. The molecule has 0 spiro atoms. The van der Waals surface area contributed by atoms with E-state index < -0.39 is 5.92 Å². The van der Waals surface area contributed by atoms with Gasteiger partial charge in [-0.15, -0.1) is 42.3 Å². The Hall–Kier alpha value is -0.150. The predicted octanol–water partition coefficient (Wildman–Crippen LogP) is 1.28. The van der Waals surface area contributed by atoms with Gasteiger partial charge in [-0.25, -0.2) is 4.79 Å². The normalized spacial score (nSPS) is 23.5. The molecule has 2 N–H and O–H groups in total. The first-order valence-corrected chi connectivity index (χ1v) is 9.78. The van der Waals surface area contributed by atoms with Gasteiger partial charge in [-0.05, 0) is 64.7 Å². The molecular weight excluding hydrogens is 427 g/mol. The summed E-state index contributed by atoms with van der Waals surface area (Å²) in [7, 11) is 0. The largest absolute Gasteiger partial charge is 0.367 e. The van der Waals surface area contributed by atoms with Crippen molar-refractivity contribution >= 4 is 49.0 Å². The fraction of sp³-hybridized carbons (Fsp3) is 0.889. The van der Waals surface area contributed by atoms with E-state index in [1.807, 2.05) is 0 Å². The molecule has 3 rings (SSSR count). The lowest BCUT2D eigenvalue weighted by molar-refractivity contribution is -0.205. The number of carbonyl (C=O) groups is 2. The highest BCUT2D eigenvalue weighted by atomic mass is 35.5. The Morgan fingerprint density at radius 3 is 1.86 bits per heavy atom. The number of piperazine rings is 1. The third-order valence-corrected chi connectivity index (χ3v) is 5.86. The van der Waals surface area contributed by atoms with Gasteiger partial charge in [0.25, 0.3) is 0 Å². The summed E-state index contributed by atoms with van der Waals surface area (Å²) in [6, 6.07) is 0.652. The molecule has 166 valence electrons. The second-order valence-corrected chi connectivity index (χ2v) is 7.53. The maximum Gasteiger partial charge on any atom is 0.335 e. The molecule has 0 aromatic heterocycles. The molecule has 0 saturated carbocycles. The molecule has 3 aliphatic heterocycles. The second kappa shape index (κ2) is 14.0. The molecule has 28 heavy (non-hydrogen) atoms. The first kappa shape index (κ1) is 27.8. The number of carbonyl (C=O) groups excluding carboxylic acids is 2. The van der Waals surface area contributed by atoms with E-state index in [9.17, 15) is 9.59 Å². The molecule has 0 aliphatic carbocycles. The van der Waals surface area contributed by atoms with Crippen molar-refractivity contribution in [3.63, 3.8) is 0 Å². The van der Waals surface area contributed by atoms with Crippen molar-refractivity contribution in [3.8, 4) is 0 Å². The Morgan fingerprint density at radius 1 is 0.857 bits per heavy atom. The highest BCUT2D eigenvalue weighted by Gasteiger charge is 2.36. The number of hydrogen-bond acceptors (Lipinski definition) is 7. The Labute approximate surface area is 186 Å². The summed E-state index contributed by atoms with van der Waals surface area (Å²) in [5.74, 6) is -0.910. The van der Waals surface area contributed by atoms with Crippen LogP contribution in [-0.4, -0.2) is 80.1 Å². The average molecular weight is 462 g/mol. The topological polar surface area (TPSA) is 73.9 Å². The number of nitrogens with one attached hydrogen (secondary N) is 2. The first-order chi connectivity index (χ1) is 12.1. The number of Topliss-reactive ketones (excluding diaryl/α,β-unsaturated/α-hetero) is 1. The molecule has 1 atom stereocenters. The SMILES string of the molecule is CC(=O)C(C(=O)ON1CCN(C2CCNCC2)CC1)C1CCNCC1.Cl.Cl.Cl. The molecule has 3 heterocycles. The van der Waals surface area contributed by atoms with Crippen LogP contribution in [0.5, 0.6) is 0 Å². The highest BCUT2D eigenvalue weighted by Crippen LogP contribution is 2.25. The summed E-state index contributed by atoms with van der Waals surface area (Å²) in [6.07, 6.45) is 4.12. The van der Waals surface area contributed by atoms with Gasteiger partial charge in [0, 0.05) is 32.2 Å². The van der Waals surface area contributed by atoms with Crippen LogP contribution in [0.25, 0.3) is 0 Å². The molecule has 3 aliphatic rings. The van der Waals surface area contributed by atoms with Gasteiger partial charge in [-0.3, -0.25) is 9.69 Å². The van der Waals surface area contributed by atoms with Gasteiger partial charge in [0.1, 0.15) is 11.7 Å². The van der Waals surface area contributed by atoms with Crippen molar-refractivity contribution in [2.75, 3.05) is 52.4 Å². The van der Waals surface area contributed by atoms with Crippen LogP contribution in [0.15, 0.2) is 0 Å². The minimum atomic E-state index is -0.607. The Kier molecular flexibility index (Phi) is 13.9. The quantitative estimate of drug-likeness (QED) is 0.598. The number of piperidine rings is 2. The van der Waals surface area contributed by atoms with Crippen LogP contribution < -0.4 is 10.6 Å². The van der Waals surface area contributed by atoms with Crippen molar-refractivity contribution in [1.82, 2.24) is 20.6 Å². The van der Waals surface area contributed by atoms with E-state index in [1.165, 1.54) is 19.8 Å². The number of nitrogens with zero attached hydrogens (tertiary/aromatic N) is 2. The number of hydroxylamine groups is 2. The van der Waals surface area contributed by atoms with Crippen LogP contribution >= 0.6 is 37.2 Å². The average Bonchev–Trinajstić information content (AvgIpc) is 2.64. The third kappa shape index (κ3) is 7.59. The molecule has 0 radical (unpaired) electrons. The maximum atomic E-state index is 12.6. The molecule has 3 saturated heterocycles. The molecule has 7 nitrogen and oxygen atoms in total. The van der Waals surface area contributed by atoms with Crippen molar-refractivity contribution in [2.45, 2.75) is 38.6 Å². The van der Waals surface area contributed by atoms with Crippen LogP contribution in [0.2, 0.25) is 0 Å². The van der Waals surface area contributed by atoms with Crippen molar-refractivity contribution in [3.05, 3.63) is 0 Å². The summed E-state index contributed by atoms with van der Waals surface area (Å²) in [4.78, 5) is 32.8. The zero-order chi connectivity index (χ0) is 17.6. The number of hydrogen-bond donors (Lipinski definition) is 2. The lowest BCUT2D eigenvalue weighted by Gasteiger charge is -2.40. The number of halogens is 3. The summed E-state index contributed by atoms with van der Waals surface area (Å²) in [5.41, 5.74) is 0. The van der Waals surface area contributed by atoms with Crippen molar-refractivity contribution < 1.29 is 14.4 Å². The second-order valence-electron chi connectivity index (χ2n) is 7.53. The monoisotopic (exact) mass is 460 g/mol. The fourth-order valence-corrected chi connectivity index (χ4v) is 4.38. The Balaban J connectivity index is 0.00000243. The van der Waals surface area contributed by atoms with E-state index in [0.29, 0.717) is 6.04 Å². The number of rotatable bonds is 5. The molecule has 0 amide bonds. The zero-order valence-corrected chi connectivity index (χ0v) is 19.0. The van der Waals surface area contributed by atoms with Crippen LogP contribution in [0.4, 0.5) is 0 Å². The van der Waals surface area contributed by atoms with Gasteiger partial charge in [0.2, 0.25) is 0 Å². The molecule has 1 unspecified atom stereocenters. The maximum absolute atomic E-state index is 12.6. The molecule has 0 bridgehead atoms. The van der Waals surface area contributed by atoms with Gasteiger partial charge in [-0.1, -0.05) is 0 Å². The number of ketones is 1. The van der Waals surface area contributed by atoms with Crippen LogP contribution in [0.1, 0.15) is 32.6 Å². The third-order valence-electron chi connectivity index (χ3n) is 5.86. The molecule has 0 aromatic rings. The summed E-state index contributed by atoms with van der Waals surface area (Å²) in [6.45, 7) is 8.76. The predicted molar refractivity (Wildman–Crippen MR) is 117 cm³/mol. The molecule has 3 fully saturated rings. The van der Waals surface area contributed by atoms with E-state index in [1.54, 1.807) is 5.06 Å². The Bertz CT molecular complexity index is 467. The summed E-state index contributed by atoms with van der Waals surface area (Å²) < 4.78 is 0. The van der Waals surface area contributed by atoms with E-state index in [4.69, 9.17) is 4.84 Å². The lowest BCUT2D eigenvalue weighted by atomic mass is 9.82. The van der Waals surface area contributed by atoms with E-state index in [0.717, 1.165) is 65.2 Å². The smallest absolute Gasteiger partial charge is 0.335 e. The van der Waals surface area contributed by atoms with E-state index in [2.05, 4.69) is 15.5 Å². The standard InChI is InChI=1S/C18H32N4O3.3ClH/c1-14(23)17(15-2-6-19-7-3-15)18(24)25-22-12-10-21(11-13-22)16-4-8-20-9-5-16;;;/h15-17,19-20H,2-13H2,1H3;3*1H. The van der Waals surface area contributed by atoms with Gasteiger partial charge in [0.15, 0.2) is 0 Å². The van der Waals surface area contributed by atoms with Crippen LogP contribution in [-0.2, 0) is 14.4 Å². The van der Waals surface area contributed by atoms with Crippen LogP contribution in [0, 0.1) is 11.8 Å². The minimum Gasteiger partial charge on any atom is -0.367 e. The highest BCUT2D eigenvalue weighted by molar-refractivity contribution is 5.98.